The van der Waals surface area contributed by atoms with Gasteiger partial charge in [-0.25, -0.2) is 13.9 Å². The molecule has 3 aromatic rings. The summed E-state index contributed by atoms with van der Waals surface area (Å²) in [5, 5.41) is 6.80. The standard InChI is InChI=1S/C19H15ClF4N4O4/c1-3-32-18(30)17(21)27-8-14(31-2)12(7-16(27)29)11-6-10(20)4-5-13(11)28-9-15(25-26-28)19(22,23)24/h4-9,17H,3H2,1-2H3. The first-order chi connectivity index (χ1) is 15.1. The minimum Gasteiger partial charge on any atom is -0.495 e. The number of esters is 1. The van der Waals surface area contributed by atoms with E-state index in [4.69, 9.17) is 16.3 Å². The molecular weight excluding hydrogens is 460 g/mol. The van der Waals surface area contributed by atoms with Crippen LogP contribution >= 0.6 is 11.6 Å². The molecule has 0 saturated heterocycles. The van der Waals surface area contributed by atoms with E-state index in [2.05, 4.69) is 15.0 Å². The van der Waals surface area contributed by atoms with E-state index in [9.17, 15) is 27.2 Å². The summed E-state index contributed by atoms with van der Waals surface area (Å²) in [6.07, 6.45) is -5.52. The molecule has 0 aliphatic heterocycles. The van der Waals surface area contributed by atoms with Gasteiger partial charge in [0, 0.05) is 22.2 Å². The van der Waals surface area contributed by atoms with Gasteiger partial charge in [-0.05, 0) is 25.1 Å². The highest BCUT2D eigenvalue weighted by Gasteiger charge is 2.35. The van der Waals surface area contributed by atoms with Crippen LogP contribution in [0, 0.1) is 0 Å². The van der Waals surface area contributed by atoms with Crippen LogP contribution in [0.1, 0.15) is 18.9 Å². The first-order valence-electron chi connectivity index (χ1n) is 8.97. The Kier molecular flexibility index (Phi) is 6.53. The number of benzene rings is 1. The van der Waals surface area contributed by atoms with Gasteiger partial charge in [-0.2, -0.15) is 13.2 Å². The maximum atomic E-state index is 14.4. The van der Waals surface area contributed by atoms with Gasteiger partial charge >= 0.3 is 12.1 Å². The van der Waals surface area contributed by atoms with Crippen molar-refractivity contribution in [3.05, 3.63) is 57.7 Å². The Morgan fingerprint density at radius 1 is 1.22 bits per heavy atom. The summed E-state index contributed by atoms with van der Waals surface area (Å²) < 4.78 is 64.4. The molecule has 3 rings (SSSR count). The third kappa shape index (κ3) is 4.59. The summed E-state index contributed by atoms with van der Waals surface area (Å²) in [5.74, 6) is -1.33. The first kappa shape index (κ1) is 23.3. The van der Waals surface area contributed by atoms with Crippen LogP contribution in [0.25, 0.3) is 16.8 Å². The molecule has 0 aliphatic carbocycles. The molecule has 0 bridgehead atoms. The smallest absolute Gasteiger partial charge is 0.436 e. The average molecular weight is 475 g/mol. The zero-order chi connectivity index (χ0) is 23.6. The van der Waals surface area contributed by atoms with E-state index in [-0.39, 0.29) is 34.2 Å². The molecule has 0 N–H and O–H groups in total. The van der Waals surface area contributed by atoms with Crippen molar-refractivity contribution in [2.45, 2.75) is 19.4 Å². The summed E-state index contributed by atoms with van der Waals surface area (Å²) in [4.78, 5) is 24.2. The van der Waals surface area contributed by atoms with Gasteiger partial charge in [-0.3, -0.25) is 9.36 Å². The van der Waals surface area contributed by atoms with Crippen LogP contribution in [0.4, 0.5) is 17.6 Å². The molecular formula is C19H15ClF4N4O4. The van der Waals surface area contributed by atoms with Crippen molar-refractivity contribution < 1.29 is 31.8 Å². The van der Waals surface area contributed by atoms with Gasteiger partial charge in [0.2, 0.25) is 0 Å². The van der Waals surface area contributed by atoms with Crippen molar-refractivity contribution in [3.8, 4) is 22.6 Å². The molecule has 2 heterocycles. The van der Waals surface area contributed by atoms with E-state index in [1.54, 1.807) is 0 Å². The van der Waals surface area contributed by atoms with Gasteiger partial charge in [0.15, 0.2) is 5.69 Å². The van der Waals surface area contributed by atoms with Gasteiger partial charge in [-0.15, -0.1) is 5.10 Å². The van der Waals surface area contributed by atoms with Crippen molar-refractivity contribution in [3.63, 3.8) is 0 Å². The maximum absolute atomic E-state index is 14.4. The first-order valence-corrected chi connectivity index (χ1v) is 9.35. The van der Waals surface area contributed by atoms with Crippen LogP contribution in [0.3, 0.4) is 0 Å². The third-order valence-electron chi connectivity index (χ3n) is 4.27. The molecule has 0 saturated carbocycles. The number of ether oxygens (including phenoxy) is 2. The molecule has 0 aliphatic rings. The number of hydrogen-bond donors (Lipinski definition) is 0. The second-order valence-electron chi connectivity index (χ2n) is 6.30. The van der Waals surface area contributed by atoms with E-state index in [1.807, 2.05) is 0 Å². The topological polar surface area (TPSA) is 88.2 Å². The summed E-state index contributed by atoms with van der Waals surface area (Å²) >= 11 is 6.05. The number of nitrogens with zero attached hydrogens (tertiary/aromatic N) is 4. The molecule has 0 amide bonds. The van der Waals surface area contributed by atoms with Crippen molar-refractivity contribution in [2.24, 2.45) is 0 Å². The van der Waals surface area contributed by atoms with Crippen LogP contribution in [0.2, 0.25) is 5.02 Å². The molecule has 13 heteroatoms. The van der Waals surface area contributed by atoms with Crippen LogP contribution in [-0.4, -0.2) is 39.2 Å². The molecule has 1 aromatic carbocycles. The lowest BCUT2D eigenvalue weighted by Gasteiger charge is -2.16. The number of carbonyl (C=O) groups is 1. The van der Waals surface area contributed by atoms with E-state index >= 15 is 0 Å². The predicted octanol–water partition coefficient (Wildman–Crippen LogP) is 3.81. The van der Waals surface area contributed by atoms with E-state index in [1.165, 1.54) is 32.2 Å². The maximum Gasteiger partial charge on any atom is 0.436 e. The number of methoxy groups -OCH3 is 1. The SMILES string of the molecule is CCOC(=O)C(F)n1cc(OC)c(-c2cc(Cl)ccc2-n2cc(C(F)(F)F)nn2)cc1=O. The van der Waals surface area contributed by atoms with E-state index in [0.717, 1.165) is 16.9 Å². The van der Waals surface area contributed by atoms with Crippen molar-refractivity contribution in [2.75, 3.05) is 13.7 Å². The van der Waals surface area contributed by atoms with Crippen molar-refractivity contribution in [1.29, 1.82) is 0 Å². The van der Waals surface area contributed by atoms with Crippen LogP contribution in [0.15, 0.2) is 41.5 Å². The lowest BCUT2D eigenvalue weighted by molar-refractivity contribution is -0.153. The molecule has 1 unspecified atom stereocenters. The summed E-state index contributed by atoms with van der Waals surface area (Å²) in [6.45, 7) is 1.39. The number of pyridine rings is 1. The number of rotatable bonds is 6. The van der Waals surface area contributed by atoms with Crippen molar-refractivity contribution >= 4 is 17.6 Å². The van der Waals surface area contributed by atoms with E-state index in [0.29, 0.717) is 10.8 Å². The molecule has 0 radical (unpaired) electrons. The monoisotopic (exact) mass is 474 g/mol. The van der Waals surface area contributed by atoms with E-state index < -0.39 is 29.7 Å². The van der Waals surface area contributed by atoms with Gasteiger partial charge in [0.1, 0.15) is 5.75 Å². The molecule has 32 heavy (non-hydrogen) atoms. The normalized spacial score (nSPS) is 12.5. The number of aromatic nitrogens is 4. The summed E-state index contributed by atoms with van der Waals surface area (Å²) in [5.41, 5.74) is -1.83. The number of halogens is 5. The Hall–Kier alpha value is -3.41. The second-order valence-corrected chi connectivity index (χ2v) is 6.73. The summed E-state index contributed by atoms with van der Waals surface area (Å²) in [6, 6.07) is 5.10. The quantitative estimate of drug-likeness (QED) is 0.399. The zero-order valence-electron chi connectivity index (χ0n) is 16.6. The second kappa shape index (κ2) is 8.99. The summed E-state index contributed by atoms with van der Waals surface area (Å²) in [7, 11) is 1.23. The van der Waals surface area contributed by atoms with Crippen LogP contribution in [0.5, 0.6) is 5.75 Å². The molecule has 8 nitrogen and oxygen atoms in total. The predicted molar refractivity (Wildman–Crippen MR) is 104 cm³/mol. The lowest BCUT2D eigenvalue weighted by atomic mass is 10.0. The highest BCUT2D eigenvalue weighted by Crippen LogP contribution is 2.36. The Bertz CT molecular complexity index is 1210. The Labute approximate surface area is 182 Å². The Balaban J connectivity index is 2.17. The van der Waals surface area contributed by atoms with Gasteiger partial charge < -0.3 is 9.47 Å². The number of carbonyl (C=O) groups excluding carboxylic acids is 1. The highest BCUT2D eigenvalue weighted by atomic mass is 35.5. The third-order valence-corrected chi connectivity index (χ3v) is 4.50. The highest BCUT2D eigenvalue weighted by molar-refractivity contribution is 6.31. The van der Waals surface area contributed by atoms with Gasteiger partial charge in [0.05, 0.1) is 31.8 Å². The minimum atomic E-state index is -4.72. The molecule has 2 aromatic heterocycles. The molecule has 170 valence electrons. The average Bonchev–Trinajstić information content (AvgIpc) is 3.24. The largest absolute Gasteiger partial charge is 0.495 e. The van der Waals surface area contributed by atoms with Gasteiger partial charge in [0.25, 0.3) is 11.9 Å². The fourth-order valence-electron chi connectivity index (χ4n) is 2.84. The fourth-order valence-corrected chi connectivity index (χ4v) is 3.01. The Morgan fingerprint density at radius 3 is 2.53 bits per heavy atom. The van der Waals surface area contributed by atoms with Crippen LogP contribution < -0.4 is 10.3 Å². The molecule has 1 atom stereocenters. The number of hydrogen-bond acceptors (Lipinski definition) is 6. The molecule has 0 fully saturated rings. The Morgan fingerprint density at radius 2 is 1.94 bits per heavy atom. The fraction of sp³-hybridized carbons (Fsp3) is 0.263. The molecule has 0 spiro atoms. The minimum absolute atomic E-state index is 0.0591. The lowest BCUT2D eigenvalue weighted by Crippen LogP contribution is -2.28. The van der Waals surface area contributed by atoms with Gasteiger partial charge in [-0.1, -0.05) is 16.8 Å². The zero-order valence-corrected chi connectivity index (χ0v) is 17.3. The number of alkyl halides is 4. The van der Waals surface area contributed by atoms with Crippen LogP contribution in [-0.2, 0) is 15.7 Å². The van der Waals surface area contributed by atoms with Crippen molar-refractivity contribution in [1.82, 2.24) is 19.6 Å².